The van der Waals surface area contributed by atoms with Crippen LogP contribution in [0.3, 0.4) is 0 Å². The fourth-order valence-corrected chi connectivity index (χ4v) is 3.82. The molecule has 0 saturated carbocycles. The van der Waals surface area contributed by atoms with Gasteiger partial charge in [-0.1, -0.05) is 36.4 Å². The number of benzene rings is 2. The first-order chi connectivity index (χ1) is 12.7. The van der Waals surface area contributed by atoms with Gasteiger partial charge in [0.2, 0.25) is 0 Å². The third-order valence-corrected chi connectivity index (χ3v) is 5.13. The van der Waals surface area contributed by atoms with Gasteiger partial charge in [-0.25, -0.2) is 0 Å². The van der Waals surface area contributed by atoms with Crippen LogP contribution in [0.25, 0.3) is 0 Å². The highest BCUT2D eigenvalue weighted by atomic mass is 16.5. The van der Waals surface area contributed by atoms with E-state index in [0.29, 0.717) is 6.42 Å². The molecule has 0 aliphatic heterocycles. The molecule has 0 aromatic heterocycles. The molecule has 4 nitrogen and oxygen atoms in total. The molecule has 0 saturated heterocycles. The Balaban J connectivity index is 1.75. The van der Waals surface area contributed by atoms with E-state index in [-0.39, 0.29) is 18.5 Å². The molecule has 4 heteroatoms. The molecule has 2 aromatic carbocycles. The number of carbonyl (C=O) groups is 1. The van der Waals surface area contributed by atoms with E-state index in [1.807, 2.05) is 24.3 Å². The van der Waals surface area contributed by atoms with Crippen molar-refractivity contribution in [3.05, 3.63) is 65.2 Å². The number of ether oxygens (including phenoxy) is 1. The first kappa shape index (κ1) is 18.5. The molecule has 2 aromatic rings. The average Bonchev–Trinajstić information content (AvgIpc) is 2.66. The Labute approximate surface area is 155 Å². The maximum Gasteiger partial charge on any atom is 0.303 e. The summed E-state index contributed by atoms with van der Waals surface area (Å²) in [6.07, 6.45) is 4.95. The predicted molar refractivity (Wildman–Crippen MR) is 103 cm³/mol. The molecule has 0 spiro atoms. The van der Waals surface area contributed by atoms with Gasteiger partial charge in [-0.3, -0.25) is 4.79 Å². The van der Waals surface area contributed by atoms with Crippen molar-refractivity contribution in [3.8, 4) is 5.75 Å². The molecule has 0 radical (unpaired) electrons. The van der Waals surface area contributed by atoms with Gasteiger partial charge >= 0.3 is 5.97 Å². The Hall–Kier alpha value is -2.33. The van der Waals surface area contributed by atoms with Crippen LogP contribution in [0.4, 0.5) is 0 Å². The van der Waals surface area contributed by atoms with Crippen LogP contribution in [-0.4, -0.2) is 24.2 Å². The van der Waals surface area contributed by atoms with Crippen molar-refractivity contribution in [2.75, 3.05) is 7.11 Å². The average molecular weight is 353 g/mol. The molecule has 138 valence electrons. The van der Waals surface area contributed by atoms with E-state index in [2.05, 4.69) is 29.6 Å². The maximum absolute atomic E-state index is 11.1. The lowest BCUT2D eigenvalue weighted by atomic mass is 9.86. The molecule has 2 unspecified atom stereocenters. The zero-order valence-corrected chi connectivity index (χ0v) is 15.3. The molecule has 0 fully saturated rings. The summed E-state index contributed by atoms with van der Waals surface area (Å²) in [6, 6.07) is 17.0. The molecular formula is C22H27NO3. The SMILES string of the molecule is COc1ccc2c(c1)CCCC2NC(CCC(=O)O)Cc1ccccc1. The predicted octanol–water partition coefficient (Wildman–Crippen LogP) is 4.14. The Morgan fingerprint density at radius 1 is 1.27 bits per heavy atom. The minimum atomic E-state index is -0.737. The fourth-order valence-electron chi connectivity index (χ4n) is 3.82. The second-order valence-electron chi connectivity index (χ2n) is 7.00. The van der Waals surface area contributed by atoms with Gasteiger partial charge in [0.25, 0.3) is 0 Å². The normalized spacial score (nSPS) is 17.3. The summed E-state index contributed by atoms with van der Waals surface area (Å²) in [4.78, 5) is 11.1. The molecule has 1 aliphatic carbocycles. The Bertz CT molecular complexity index is 729. The monoisotopic (exact) mass is 353 g/mol. The third-order valence-electron chi connectivity index (χ3n) is 5.13. The van der Waals surface area contributed by atoms with Crippen molar-refractivity contribution in [1.29, 1.82) is 0 Å². The first-order valence-corrected chi connectivity index (χ1v) is 9.34. The number of aryl methyl sites for hydroxylation is 1. The van der Waals surface area contributed by atoms with Crippen molar-refractivity contribution in [2.45, 2.75) is 50.6 Å². The second kappa shape index (κ2) is 8.86. The van der Waals surface area contributed by atoms with Crippen LogP contribution >= 0.6 is 0 Å². The summed E-state index contributed by atoms with van der Waals surface area (Å²) in [5.41, 5.74) is 3.90. The Kier molecular flexibility index (Phi) is 6.29. The zero-order valence-electron chi connectivity index (χ0n) is 15.3. The quantitative estimate of drug-likeness (QED) is 0.749. The number of nitrogens with one attached hydrogen (secondary N) is 1. The van der Waals surface area contributed by atoms with Gasteiger partial charge in [0.15, 0.2) is 0 Å². The lowest BCUT2D eigenvalue weighted by Gasteiger charge is -2.31. The van der Waals surface area contributed by atoms with Crippen molar-refractivity contribution < 1.29 is 14.6 Å². The summed E-state index contributed by atoms with van der Waals surface area (Å²) in [5.74, 6) is 0.162. The molecule has 26 heavy (non-hydrogen) atoms. The number of hydrogen-bond donors (Lipinski definition) is 2. The van der Waals surface area contributed by atoms with E-state index in [9.17, 15) is 4.79 Å². The van der Waals surface area contributed by atoms with Crippen molar-refractivity contribution in [1.82, 2.24) is 5.32 Å². The van der Waals surface area contributed by atoms with E-state index in [1.165, 1.54) is 16.7 Å². The molecule has 0 amide bonds. The highest BCUT2D eigenvalue weighted by Gasteiger charge is 2.23. The lowest BCUT2D eigenvalue weighted by Crippen LogP contribution is -2.36. The van der Waals surface area contributed by atoms with E-state index in [1.54, 1.807) is 7.11 Å². The highest BCUT2D eigenvalue weighted by Crippen LogP contribution is 2.33. The van der Waals surface area contributed by atoms with Gasteiger partial charge in [0.1, 0.15) is 5.75 Å². The molecule has 2 N–H and O–H groups in total. The molecule has 0 bridgehead atoms. The molecule has 2 atom stereocenters. The van der Waals surface area contributed by atoms with Gasteiger partial charge < -0.3 is 15.2 Å². The summed E-state index contributed by atoms with van der Waals surface area (Å²) >= 11 is 0. The maximum atomic E-state index is 11.1. The number of carboxylic acids is 1. The smallest absolute Gasteiger partial charge is 0.303 e. The van der Waals surface area contributed by atoms with Crippen molar-refractivity contribution in [2.24, 2.45) is 0 Å². The van der Waals surface area contributed by atoms with E-state index >= 15 is 0 Å². The van der Waals surface area contributed by atoms with Gasteiger partial charge in [-0.2, -0.15) is 0 Å². The largest absolute Gasteiger partial charge is 0.497 e. The number of fused-ring (bicyclic) bond motifs is 1. The number of carboxylic acid groups (broad SMARTS) is 1. The summed E-state index contributed by atoms with van der Waals surface area (Å²) in [6.45, 7) is 0. The third kappa shape index (κ3) is 4.85. The molecule has 3 rings (SSSR count). The summed E-state index contributed by atoms with van der Waals surface area (Å²) in [5, 5.41) is 12.9. The van der Waals surface area contributed by atoms with Crippen LogP contribution in [0.5, 0.6) is 5.75 Å². The van der Waals surface area contributed by atoms with Gasteiger partial charge in [-0.15, -0.1) is 0 Å². The van der Waals surface area contributed by atoms with Gasteiger partial charge in [0, 0.05) is 18.5 Å². The highest BCUT2D eigenvalue weighted by molar-refractivity contribution is 5.66. The number of aliphatic carboxylic acids is 1. The van der Waals surface area contributed by atoms with Crippen LogP contribution in [0, 0.1) is 0 Å². The molecule has 0 heterocycles. The molecular weight excluding hydrogens is 326 g/mol. The minimum Gasteiger partial charge on any atom is -0.497 e. The van der Waals surface area contributed by atoms with Crippen LogP contribution in [0.1, 0.15) is 48.4 Å². The summed E-state index contributed by atoms with van der Waals surface area (Å²) < 4.78 is 5.35. The Morgan fingerprint density at radius 2 is 2.08 bits per heavy atom. The minimum absolute atomic E-state index is 0.145. The lowest BCUT2D eigenvalue weighted by molar-refractivity contribution is -0.137. The number of methoxy groups -OCH3 is 1. The van der Waals surface area contributed by atoms with Crippen LogP contribution in [0.2, 0.25) is 0 Å². The fraction of sp³-hybridized carbons (Fsp3) is 0.409. The summed E-state index contributed by atoms with van der Waals surface area (Å²) in [7, 11) is 1.70. The van der Waals surface area contributed by atoms with E-state index < -0.39 is 5.97 Å². The van der Waals surface area contributed by atoms with Crippen molar-refractivity contribution >= 4 is 5.97 Å². The van der Waals surface area contributed by atoms with Crippen LogP contribution < -0.4 is 10.1 Å². The van der Waals surface area contributed by atoms with Gasteiger partial charge in [-0.05, 0) is 60.9 Å². The second-order valence-corrected chi connectivity index (χ2v) is 7.00. The zero-order chi connectivity index (χ0) is 18.4. The topological polar surface area (TPSA) is 58.6 Å². The van der Waals surface area contributed by atoms with Crippen LogP contribution in [-0.2, 0) is 17.6 Å². The number of hydrogen-bond acceptors (Lipinski definition) is 3. The van der Waals surface area contributed by atoms with Crippen molar-refractivity contribution in [3.63, 3.8) is 0 Å². The first-order valence-electron chi connectivity index (χ1n) is 9.34. The molecule has 1 aliphatic rings. The van der Waals surface area contributed by atoms with E-state index in [0.717, 1.165) is 31.4 Å². The standard InChI is InChI=1S/C22H27NO3/c1-26-19-11-12-20-17(15-19)8-5-9-21(20)23-18(10-13-22(24)25)14-16-6-3-2-4-7-16/h2-4,6-7,11-12,15,18,21,23H,5,8-10,13-14H2,1H3,(H,24,25). The van der Waals surface area contributed by atoms with E-state index in [4.69, 9.17) is 9.84 Å². The van der Waals surface area contributed by atoms with Gasteiger partial charge in [0.05, 0.1) is 7.11 Å². The van der Waals surface area contributed by atoms with Crippen LogP contribution in [0.15, 0.2) is 48.5 Å². The number of rotatable bonds is 8. The Morgan fingerprint density at radius 3 is 2.81 bits per heavy atom.